The molecule has 2 aromatic rings. The van der Waals surface area contributed by atoms with Crippen LogP contribution in [0.3, 0.4) is 0 Å². The molecule has 0 radical (unpaired) electrons. The van der Waals surface area contributed by atoms with E-state index in [1.165, 1.54) is 11.3 Å². The monoisotopic (exact) mass is 229 g/mol. The maximum Gasteiger partial charge on any atom is 0.235 e. The van der Waals surface area contributed by atoms with Gasteiger partial charge in [0.2, 0.25) is 11.8 Å². The first kappa shape index (κ1) is 10.3. The van der Waals surface area contributed by atoms with Crippen molar-refractivity contribution in [3.63, 3.8) is 0 Å². The Labute approximate surface area is 100 Å². The third-order valence-corrected chi connectivity index (χ3v) is 3.22. The Balaban J connectivity index is 1.88. The van der Waals surface area contributed by atoms with Crippen molar-refractivity contribution in [2.45, 2.75) is 32.9 Å². The number of rotatable bonds is 2. The number of aryl methyl sites for hydroxylation is 1. The van der Waals surface area contributed by atoms with Gasteiger partial charge in [-0.3, -0.25) is 0 Å². The quantitative estimate of drug-likeness (QED) is 0.792. The van der Waals surface area contributed by atoms with Gasteiger partial charge in [0.25, 0.3) is 0 Å². The van der Waals surface area contributed by atoms with E-state index in [-0.39, 0.29) is 0 Å². The molecule has 0 aliphatic carbocycles. The van der Waals surface area contributed by atoms with Crippen LogP contribution in [-0.4, -0.2) is 16.2 Å². The Morgan fingerprint density at radius 3 is 2.94 bits per heavy atom. The molecule has 1 aromatic carbocycles. The van der Waals surface area contributed by atoms with Crippen molar-refractivity contribution >= 4 is 5.69 Å². The lowest BCUT2D eigenvalue weighted by Gasteiger charge is -2.22. The van der Waals surface area contributed by atoms with Gasteiger partial charge in [-0.15, -0.1) is 10.2 Å². The first-order valence-electron chi connectivity index (χ1n) is 5.87. The number of hydrogen-bond acceptors (Lipinski definition) is 4. The van der Waals surface area contributed by atoms with Crippen LogP contribution in [0.5, 0.6) is 0 Å². The normalized spacial score (nSPS) is 18.5. The zero-order valence-corrected chi connectivity index (χ0v) is 10.1. The summed E-state index contributed by atoms with van der Waals surface area (Å²) < 4.78 is 5.44. The molecule has 0 N–H and O–H groups in total. The van der Waals surface area contributed by atoms with Gasteiger partial charge in [-0.1, -0.05) is 18.2 Å². The van der Waals surface area contributed by atoms with Crippen molar-refractivity contribution in [1.82, 2.24) is 10.2 Å². The molecule has 88 valence electrons. The highest BCUT2D eigenvalue weighted by atomic mass is 16.4. The molecule has 0 saturated heterocycles. The summed E-state index contributed by atoms with van der Waals surface area (Å²) in [6, 6.07) is 8.99. The second kappa shape index (κ2) is 3.87. The molecular formula is C13H15N3O. The van der Waals surface area contributed by atoms with Gasteiger partial charge in [0.05, 0.1) is 6.54 Å². The van der Waals surface area contributed by atoms with Gasteiger partial charge in [0, 0.05) is 18.7 Å². The molecule has 1 atom stereocenters. The minimum Gasteiger partial charge on any atom is -0.424 e. The molecule has 4 nitrogen and oxygen atoms in total. The second-order valence-corrected chi connectivity index (χ2v) is 4.52. The fraction of sp³-hybridized carbons (Fsp3) is 0.385. The number of para-hydroxylation sites is 1. The summed E-state index contributed by atoms with van der Waals surface area (Å²) in [6.45, 7) is 4.74. The number of nitrogens with zero attached hydrogens (tertiary/aromatic N) is 3. The van der Waals surface area contributed by atoms with Gasteiger partial charge in [-0.25, -0.2) is 0 Å². The zero-order valence-electron chi connectivity index (χ0n) is 10.1. The minimum absolute atomic E-state index is 0.486. The van der Waals surface area contributed by atoms with Crippen LogP contribution in [-0.2, 0) is 13.0 Å². The van der Waals surface area contributed by atoms with Crippen molar-refractivity contribution in [1.29, 1.82) is 0 Å². The molecule has 3 rings (SSSR count). The summed E-state index contributed by atoms with van der Waals surface area (Å²) in [5.74, 6) is 1.31. The van der Waals surface area contributed by atoms with E-state index in [2.05, 4.69) is 46.3 Å². The number of aromatic nitrogens is 2. The summed E-state index contributed by atoms with van der Waals surface area (Å²) in [6.07, 6.45) is 1.09. The lowest BCUT2D eigenvalue weighted by Crippen LogP contribution is -2.28. The topological polar surface area (TPSA) is 42.2 Å². The predicted octanol–water partition coefficient (Wildman–Crippen LogP) is 2.33. The van der Waals surface area contributed by atoms with Crippen LogP contribution in [0.2, 0.25) is 0 Å². The van der Waals surface area contributed by atoms with Gasteiger partial charge < -0.3 is 9.32 Å². The highest BCUT2D eigenvalue weighted by Gasteiger charge is 2.26. The predicted molar refractivity (Wildman–Crippen MR) is 64.8 cm³/mol. The standard InChI is InChI=1S/C13H15N3O/c1-9-7-11-5-3-4-6-12(11)16(9)8-13-15-14-10(2)17-13/h3-6,9H,7-8H2,1-2H3. The molecule has 1 aliphatic heterocycles. The van der Waals surface area contributed by atoms with Crippen LogP contribution in [0.25, 0.3) is 0 Å². The van der Waals surface area contributed by atoms with Gasteiger partial charge in [0.1, 0.15) is 0 Å². The van der Waals surface area contributed by atoms with Crippen molar-refractivity contribution in [2.24, 2.45) is 0 Å². The SMILES string of the molecule is Cc1nnc(CN2c3ccccc3CC2C)o1. The Morgan fingerprint density at radius 2 is 2.18 bits per heavy atom. The summed E-state index contributed by atoms with van der Waals surface area (Å²) >= 11 is 0. The summed E-state index contributed by atoms with van der Waals surface area (Å²) in [4.78, 5) is 2.32. The number of hydrogen-bond donors (Lipinski definition) is 0. The van der Waals surface area contributed by atoms with Crippen LogP contribution in [0.15, 0.2) is 28.7 Å². The molecule has 0 amide bonds. The van der Waals surface area contributed by atoms with E-state index in [0.717, 1.165) is 6.42 Å². The molecule has 1 aromatic heterocycles. The fourth-order valence-corrected chi connectivity index (χ4v) is 2.42. The van der Waals surface area contributed by atoms with Crippen molar-refractivity contribution in [3.05, 3.63) is 41.6 Å². The Bertz CT molecular complexity index is 535. The molecule has 4 heteroatoms. The van der Waals surface area contributed by atoms with Crippen LogP contribution in [0.1, 0.15) is 24.3 Å². The van der Waals surface area contributed by atoms with E-state index in [0.29, 0.717) is 24.4 Å². The first-order chi connectivity index (χ1) is 8.24. The Hall–Kier alpha value is -1.84. The summed E-state index contributed by atoms with van der Waals surface area (Å²) in [7, 11) is 0. The van der Waals surface area contributed by atoms with Crippen LogP contribution < -0.4 is 4.90 Å². The maximum atomic E-state index is 5.44. The largest absolute Gasteiger partial charge is 0.424 e. The molecule has 0 fully saturated rings. The molecule has 1 unspecified atom stereocenters. The van der Waals surface area contributed by atoms with Crippen molar-refractivity contribution in [2.75, 3.05) is 4.90 Å². The van der Waals surface area contributed by atoms with Gasteiger partial charge >= 0.3 is 0 Å². The van der Waals surface area contributed by atoms with Crippen LogP contribution in [0, 0.1) is 6.92 Å². The van der Waals surface area contributed by atoms with Gasteiger partial charge in [-0.05, 0) is 25.0 Å². The highest BCUT2D eigenvalue weighted by Crippen LogP contribution is 2.32. The van der Waals surface area contributed by atoms with E-state index in [1.807, 2.05) is 6.92 Å². The highest BCUT2D eigenvalue weighted by molar-refractivity contribution is 5.58. The Morgan fingerprint density at radius 1 is 1.35 bits per heavy atom. The molecule has 2 heterocycles. The minimum atomic E-state index is 0.486. The third-order valence-electron chi connectivity index (χ3n) is 3.22. The molecular weight excluding hydrogens is 214 g/mol. The van der Waals surface area contributed by atoms with Crippen LogP contribution >= 0.6 is 0 Å². The van der Waals surface area contributed by atoms with E-state index in [1.54, 1.807) is 0 Å². The van der Waals surface area contributed by atoms with Gasteiger partial charge in [0.15, 0.2) is 0 Å². The Kier molecular flexibility index (Phi) is 2.35. The molecule has 17 heavy (non-hydrogen) atoms. The van der Waals surface area contributed by atoms with Crippen molar-refractivity contribution in [3.8, 4) is 0 Å². The third kappa shape index (κ3) is 1.79. The number of anilines is 1. The average Bonchev–Trinajstić information content (AvgIpc) is 2.85. The van der Waals surface area contributed by atoms with Gasteiger partial charge in [-0.2, -0.15) is 0 Å². The number of benzene rings is 1. The lowest BCUT2D eigenvalue weighted by molar-refractivity contribution is 0.456. The van der Waals surface area contributed by atoms with E-state index < -0.39 is 0 Å². The lowest BCUT2D eigenvalue weighted by atomic mass is 10.1. The first-order valence-corrected chi connectivity index (χ1v) is 5.87. The van der Waals surface area contributed by atoms with E-state index in [9.17, 15) is 0 Å². The van der Waals surface area contributed by atoms with Crippen LogP contribution in [0.4, 0.5) is 5.69 Å². The fourth-order valence-electron chi connectivity index (χ4n) is 2.42. The maximum absolute atomic E-state index is 5.44. The molecule has 0 bridgehead atoms. The molecule has 0 spiro atoms. The molecule has 1 aliphatic rings. The summed E-state index contributed by atoms with van der Waals surface area (Å²) in [5.41, 5.74) is 2.69. The van der Waals surface area contributed by atoms with Crippen molar-refractivity contribution < 1.29 is 4.42 Å². The van der Waals surface area contributed by atoms with E-state index in [4.69, 9.17) is 4.42 Å². The smallest absolute Gasteiger partial charge is 0.235 e. The average molecular weight is 229 g/mol. The molecule has 0 saturated carbocycles. The van der Waals surface area contributed by atoms with E-state index >= 15 is 0 Å². The second-order valence-electron chi connectivity index (χ2n) is 4.52. The zero-order chi connectivity index (χ0) is 11.8. The number of fused-ring (bicyclic) bond motifs is 1. The summed E-state index contributed by atoms with van der Waals surface area (Å²) in [5, 5.41) is 7.92.